The van der Waals surface area contributed by atoms with Crippen LogP contribution in [0.3, 0.4) is 0 Å². The molecule has 5 nitrogen and oxygen atoms in total. The van der Waals surface area contributed by atoms with Gasteiger partial charge in [-0.2, -0.15) is 0 Å². The lowest BCUT2D eigenvalue weighted by molar-refractivity contribution is -0.133. The van der Waals surface area contributed by atoms with E-state index in [0.717, 1.165) is 32.4 Å². The highest BCUT2D eigenvalue weighted by Gasteiger charge is 2.26. The summed E-state index contributed by atoms with van der Waals surface area (Å²) in [6.07, 6.45) is 3.59. The van der Waals surface area contributed by atoms with E-state index < -0.39 is 0 Å². The molecule has 5 heteroatoms. The third-order valence-electron chi connectivity index (χ3n) is 3.61. The van der Waals surface area contributed by atoms with Crippen LogP contribution in [-0.2, 0) is 9.59 Å². The monoisotopic (exact) mass is 239 g/mol. The first-order valence-electron chi connectivity index (χ1n) is 6.47. The summed E-state index contributed by atoms with van der Waals surface area (Å²) in [7, 11) is 0. The number of likely N-dealkylation sites (tertiary alicyclic amines) is 1. The molecule has 0 aromatic heterocycles. The molecule has 2 heterocycles. The van der Waals surface area contributed by atoms with Gasteiger partial charge in [-0.3, -0.25) is 9.59 Å². The van der Waals surface area contributed by atoms with Crippen LogP contribution in [0, 0.1) is 0 Å². The van der Waals surface area contributed by atoms with Crippen LogP contribution >= 0.6 is 0 Å². The van der Waals surface area contributed by atoms with Crippen LogP contribution in [0.5, 0.6) is 0 Å². The van der Waals surface area contributed by atoms with Crippen LogP contribution in [0.15, 0.2) is 0 Å². The Morgan fingerprint density at radius 3 is 3.00 bits per heavy atom. The molecule has 0 spiro atoms. The van der Waals surface area contributed by atoms with Gasteiger partial charge >= 0.3 is 0 Å². The Labute approximate surface area is 102 Å². The zero-order valence-electron chi connectivity index (χ0n) is 10.4. The molecule has 0 saturated carbocycles. The first-order chi connectivity index (χ1) is 8.16. The summed E-state index contributed by atoms with van der Waals surface area (Å²) in [4.78, 5) is 24.9. The van der Waals surface area contributed by atoms with Crippen molar-refractivity contribution >= 4 is 11.8 Å². The first-order valence-corrected chi connectivity index (χ1v) is 6.47. The van der Waals surface area contributed by atoms with Gasteiger partial charge in [0.05, 0.1) is 6.54 Å². The van der Waals surface area contributed by atoms with Crippen LogP contribution in [0.25, 0.3) is 0 Å². The van der Waals surface area contributed by atoms with Crippen LogP contribution in [-0.4, -0.2) is 48.4 Å². The van der Waals surface area contributed by atoms with E-state index in [1.807, 2.05) is 0 Å². The second-order valence-electron chi connectivity index (χ2n) is 4.98. The third kappa shape index (κ3) is 3.19. The summed E-state index contributed by atoms with van der Waals surface area (Å²) in [6, 6.07) is 0.524. The first kappa shape index (κ1) is 12.4. The number of piperidine rings is 1. The van der Waals surface area contributed by atoms with E-state index in [-0.39, 0.29) is 24.4 Å². The fourth-order valence-electron chi connectivity index (χ4n) is 2.54. The van der Waals surface area contributed by atoms with Gasteiger partial charge in [0, 0.05) is 25.0 Å². The Balaban J connectivity index is 1.78. The van der Waals surface area contributed by atoms with Crippen molar-refractivity contribution in [3.05, 3.63) is 0 Å². The highest BCUT2D eigenvalue weighted by Crippen LogP contribution is 2.10. The summed E-state index contributed by atoms with van der Waals surface area (Å²) < 4.78 is 0. The minimum Gasteiger partial charge on any atom is -0.350 e. The molecule has 2 saturated heterocycles. The molecule has 0 aliphatic carbocycles. The number of carbonyl (C=O) groups is 2. The molecule has 17 heavy (non-hydrogen) atoms. The lowest BCUT2D eigenvalue weighted by Gasteiger charge is -2.31. The molecular weight excluding hydrogens is 218 g/mol. The van der Waals surface area contributed by atoms with Crippen molar-refractivity contribution < 1.29 is 9.59 Å². The summed E-state index contributed by atoms with van der Waals surface area (Å²) in [5.41, 5.74) is 0. The molecule has 0 aromatic rings. The van der Waals surface area contributed by atoms with E-state index in [9.17, 15) is 9.59 Å². The molecule has 2 atom stereocenters. The number of carbonyl (C=O) groups excluding carboxylic acids is 2. The SMILES string of the molecule is CC1NCCCC1NC(=O)CN1CCCC1=O. The Bertz CT molecular complexity index is 306. The van der Waals surface area contributed by atoms with Crippen molar-refractivity contribution in [3.8, 4) is 0 Å². The predicted molar refractivity (Wildman–Crippen MR) is 64.4 cm³/mol. The summed E-state index contributed by atoms with van der Waals surface area (Å²) >= 11 is 0. The molecule has 0 radical (unpaired) electrons. The maximum atomic E-state index is 11.8. The largest absolute Gasteiger partial charge is 0.350 e. The Morgan fingerprint density at radius 2 is 2.35 bits per heavy atom. The standard InChI is InChI=1S/C12H21N3O2/c1-9-10(4-2-6-13-9)14-11(16)8-15-7-3-5-12(15)17/h9-10,13H,2-8H2,1H3,(H,14,16). The molecule has 96 valence electrons. The average molecular weight is 239 g/mol. The van der Waals surface area contributed by atoms with Gasteiger partial charge in [0.1, 0.15) is 0 Å². The summed E-state index contributed by atoms with van der Waals surface area (Å²) in [5, 5.41) is 6.37. The van der Waals surface area contributed by atoms with E-state index in [2.05, 4.69) is 17.6 Å². The molecule has 2 aliphatic rings. The van der Waals surface area contributed by atoms with Gasteiger partial charge in [0.15, 0.2) is 0 Å². The van der Waals surface area contributed by atoms with Crippen LogP contribution in [0.2, 0.25) is 0 Å². The number of rotatable bonds is 3. The highest BCUT2D eigenvalue weighted by atomic mass is 16.2. The molecule has 0 bridgehead atoms. The molecule has 0 aromatic carbocycles. The van der Waals surface area contributed by atoms with Gasteiger partial charge in [-0.1, -0.05) is 0 Å². The van der Waals surface area contributed by atoms with Crippen molar-refractivity contribution in [3.63, 3.8) is 0 Å². The van der Waals surface area contributed by atoms with E-state index >= 15 is 0 Å². The van der Waals surface area contributed by atoms with Crippen molar-refractivity contribution in [2.45, 2.75) is 44.7 Å². The van der Waals surface area contributed by atoms with Gasteiger partial charge in [-0.05, 0) is 32.7 Å². The maximum Gasteiger partial charge on any atom is 0.239 e. The minimum absolute atomic E-state index is 0.0270. The van der Waals surface area contributed by atoms with Crippen molar-refractivity contribution in [1.82, 2.24) is 15.5 Å². The maximum absolute atomic E-state index is 11.8. The van der Waals surface area contributed by atoms with Gasteiger partial charge < -0.3 is 15.5 Å². The number of hydrogen-bond donors (Lipinski definition) is 2. The van der Waals surface area contributed by atoms with Crippen molar-refractivity contribution in [1.29, 1.82) is 0 Å². The third-order valence-corrected chi connectivity index (χ3v) is 3.61. The predicted octanol–water partition coefficient (Wildman–Crippen LogP) is -0.134. The number of amides is 2. The van der Waals surface area contributed by atoms with Crippen molar-refractivity contribution in [2.75, 3.05) is 19.6 Å². The number of nitrogens with one attached hydrogen (secondary N) is 2. The lowest BCUT2D eigenvalue weighted by atomic mass is 10.00. The second-order valence-corrected chi connectivity index (χ2v) is 4.98. The fourth-order valence-corrected chi connectivity index (χ4v) is 2.54. The van der Waals surface area contributed by atoms with E-state index in [0.29, 0.717) is 12.5 Å². The molecule has 2 N–H and O–H groups in total. The van der Waals surface area contributed by atoms with E-state index in [1.165, 1.54) is 0 Å². The Morgan fingerprint density at radius 1 is 1.53 bits per heavy atom. The highest BCUT2D eigenvalue weighted by molar-refractivity contribution is 5.85. The van der Waals surface area contributed by atoms with E-state index in [4.69, 9.17) is 0 Å². The molecule has 2 amide bonds. The van der Waals surface area contributed by atoms with Gasteiger partial charge in [-0.15, -0.1) is 0 Å². The smallest absolute Gasteiger partial charge is 0.239 e. The zero-order chi connectivity index (χ0) is 12.3. The summed E-state index contributed by atoms with van der Waals surface area (Å²) in [6.45, 7) is 4.07. The van der Waals surface area contributed by atoms with Gasteiger partial charge in [0.2, 0.25) is 11.8 Å². The quantitative estimate of drug-likeness (QED) is 0.721. The normalized spacial score (nSPS) is 29.5. The van der Waals surface area contributed by atoms with Gasteiger partial charge in [-0.25, -0.2) is 0 Å². The number of nitrogens with zero attached hydrogens (tertiary/aromatic N) is 1. The zero-order valence-corrected chi connectivity index (χ0v) is 10.4. The minimum atomic E-state index is -0.0270. The van der Waals surface area contributed by atoms with Crippen molar-refractivity contribution in [2.24, 2.45) is 0 Å². The molecular formula is C12H21N3O2. The topological polar surface area (TPSA) is 61.4 Å². The molecule has 2 rings (SSSR count). The summed E-state index contributed by atoms with van der Waals surface area (Å²) in [5.74, 6) is 0.0794. The molecule has 2 fully saturated rings. The fraction of sp³-hybridized carbons (Fsp3) is 0.833. The van der Waals surface area contributed by atoms with Crippen LogP contribution in [0.4, 0.5) is 0 Å². The van der Waals surface area contributed by atoms with Crippen LogP contribution in [0.1, 0.15) is 32.6 Å². The van der Waals surface area contributed by atoms with E-state index in [1.54, 1.807) is 4.90 Å². The molecule has 2 unspecified atom stereocenters. The average Bonchev–Trinajstić information content (AvgIpc) is 2.68. The van der Waals surface area contributed by atoms with Crippen LogP contribution < -0.4 is 10.6 Å². The Hall–Kier alpha value is -1.10. The molecule has 2 aliphatic heterocycles. The van der Waals surface area contributed by atoms with Gasteiger partial charge in [0.25, 0.3) is 0 Å². The lowest BCUT2D eigenvalue weighted by Crippen LogP contribution is -2.53. The number of hydrogen-bond acceptors (Lipinski definition) is 3. The second kappa shape index (κ2) is 5.49. The Kier molecular flexibility index (Phi) is 3.99.